The third kappa shape index (κ3) is 3.38. The SMILES string of the molecule is Cc1cc(NCCc2cnn(-c3ccccc3)c2)nc2ccccc12. The van der Waals surface area contributed by atoms with Crippen molar-refractivity contribution in [3.05, 3.63) is 84.2 Å². The summed E-state index contributed by atoms with van der Waals surface area (Å²) in [5, 5.41) is 9.07. The van der Waals surface area contributed by atoms with Gasteiger partial charge in [0, 0.05) is 18.1 Å². The van der Waals surface area contributed by atoms with Crippen LogP contribution in [0.1, 0.15) is 11.1 Å². The number of aryl methyl sites for hydroxylation is 1. The third-order valence-electron chi connectivity index (χ3n) is 4.30. The molecule has 0 bridgehead atoms. The molecule has 0 aliphatic carbocycles. The highest BCUT2D eigenvalue weighted by Gasteiger charge is 2.03. The van der Waals surface area contributed by atoms with Gasteiger partial charge in [0.25, 0.3) is 0 Å². The monoisotopic (exact) mass is 328 g/mol. The Morgan fingerprint density at radius 2 is 1.80 bits per heavy atom. The van der Waals surface area contributed by atoms with E-state index in [-0.39, 0.29) is 0 Å². The second-order valence-corrected chi connectivity index (χ2v) is 6.15. The molecular formula is C21H20N4. The maximum atomic E-state index is 4.69. The van der Waals surface area contributed by atoms with Crippen molar-refractivity contribution in [3.8, 4) is 5.69 Å². The first-order valence-electron chi connectivity index (χ1n) is 8.49. The Morgan fingerprint density at radius 3 is 2.68 bits per heavy atom. The van der Waals surface area contributed by atoms with E-state index >= 15 is 0 Å². The Bertz CT molecular complexity index is 989. The van der Waals surface area contributed by atoms with Crippen LogP contribution in [0.4, 0.5) is 5.82 Å². The zero-order valence-electron chi connectivity index (χ0n) is 14.2. The molecule has 0 spiro atoms. The normalized spacial score (nSPS) is 10.9. The van der Waals surface area contributed by atoms with Crippen molar-refractivity contribution in [1.82, 2.24) is 14.8 Å². The van der Waals surface area contributed by atoms with Gasteiger partial charge in [-0.2, -0.15) is 5.10 Å². The lowest BCUT2D eigenvalue weighted by atomic mass is 10.1. The summed E-state index contributed by atoms with van der Waals surface area (Å²) in [5.74, 6) is 0.923. The van der Waals surface area contributed by atoms with Gasteiger partial charge in [-0.05, 0) is 48.7 Å². The number of para-hydroxylation sites is 2. The Balaban J connectivity index is 1.42. The number of nitrogens with zero attached hydrogens (tertiary/aromatic N) is 3. The van der Waals surface area contributed by atoms with Crippen LogP contribution >= 0.6 is 0 Å². The minimum absolute atomic E-state index is 0.825. The van der Waals surface area contributed by atoms with E-state index in [0.29, 0.717) is 0 Å². The van der Waals surface area contributed by atoms with Gasteiger partial charge in [-0.15, -0.1) is 0 Å². The van der Waals surface area contributed by atoms with E-state index in [1.54, 1.807) is 0 Å². The Morgan fingerprint density at radius 1 is 1.00 bits per heavy atom. The van der Waals surface area contributed by atoms with Crippen LogP contribution in [0, 0.1) is 6.92 Å². The lowest BCUT2D eigenvalue weighted by Gasteiger charge is -2.08. The average molecular weight is 328 g/mol. The van der Waals surface area contributed by atoms with Crippen LogP contribution in [-0.2, 0) is 6.42 Å². The van der Waals surface area contributed by atoms with Gasteiger partial charge in [0.05, 0.1) is 17.4 Å². The highest BCUT2D eigenvalue weighted by atomic mass is 15.3. The van der Waals surface area contributed by atoms with Crippen LogP contribution in [0.15, 0.2) is 73.1 Å². The van der Waals surface area contributed by atoms with Crippen molar-refractivity contribution in [2.24, 2.45) is 0 Å². The molecule has 0 amide bonds. The number of rotatable bonds is 5. The molecule has 4 nitrogen and oxygen atoms in total. The molecule has 2 heterocycles. The van der Waals surface area contributed by atoms with E-state index in [4.69, 9.17) is 0 Å². The van der Waals surface area contributed by atoms with Crippen LogP contribution in [-0.4, -0.2) is 21.3 Å². The van der Waals surface area contributed by atoms with E-state index in [0.717, 1.165) is 30.0 Å². The second kappa shape index (κ2) is 6.77. The van der Waals surface area contributed by atoms with Gasteiger partial charge in [0.1, 0.15) is 5.82 Å². The fourth-order valence-electron chi connectivity index (χ4n) is 2.99. The minimum Gasteiger partial charge on any atom is -0.370 e. The van der Waals surface area contributed by atoms with Crippen LogP contribution in [0.5, 0.6) is 0 Å². The van der Waals surface area contributed by atoms with Gasteiger partial charge < -0.3 is 5.32 Å². The number of pyridine rings is 1. The van der Waals surface area contributed by atoms with Crippen molar-refractivity contribution in [3.63, 3.8) is 0 Å². The lowest BCUT2D eigenvalue weighted by molar-refractivity contribution is 0.879. The predicted octanol–water partition coefficient (Wildman–Crippen LogP) is 4.38. The molecule has 2 aromatic heterocycles. The fraction of sp³-hybridized carbons (Fsp3) is 0.143. The second-order valence-electron chi connectivity index (χ2n) is 6.15. The Labute approximate surface area is 147 Å². The summed E-state index contributed by atoms with van der Waals surface area (Å²) >= 11 is 0. The van der Waals surface area contributed by atoms with Crippen LogP contribution in [0.2, 0.25) is 0 Å². The first kappa shape index (κ1) is 15.4. The number of anilines is 1. The van der Waals surface area contributed by atoms with E-state index < -0.39 is 0 Å². The number of nitrogens with one attached hydrogen (secondary N) is 1. The molecule has 0 aliphatic heterocycles. The summed E-state index contributed by atoms with van der Waals surface area (Å²) in [7, 11) is 0. The van der Waals surface area contributed by atoms with Crippen molar-refractivity contribution in [2.45, 2.75) is 13.3 Å². The molecule has 0 aliphatic rings. The molecule has 0 saturated heterocycles. The highest BCUT2D eigenvalue weighted by Crippen LogP contribution is 2.19. The van der Waals surface area contributed by atoms with Crippen LogP contribution in [0.3, 0.4) is 0 Å². The number of hydrogen-bond donors (Lipinski definition) is 1. The average Bonchev–Trinajstić information content (AvgIpc) is 3.12. The first-order valence-corrected chi connectivity index (χ1v) is 8.49. The Hall–Kier alpha value is -3.14. The molecule has 124 valence electrons. The summed E-state index contributed by atoms with van der Waals surface area (Å²) in [4.78, 5) is 4.69. The first-order chi connectivity index (χ1) is 12.3. The molecular weight excluding hydrogens is 308 g/mol. The number of hydrogen-bond acceptors (Lipinski definition) is 3. The summed E-state index contributed by atoms with van der Waals surface area (Å²) in [6.07, 6.45) is 4.91. The van der Waals surface area contributed by atoms with Gasteiger partial charge in [0.2, 0.25) is 0 Å². The molecule has 4 heteroatoms. The molecule has 25 heavy (non-hydrogen) atoms. The molecule has 1 N–H and O–H groups in total. The summed E-state index contributed by atoms with van der Waals surface area (Å²) in [6.45, 7) is 2.95. The molecule has 2 aromatic carbocycles. The van der Waals surface area contributed by atoms with Gasteiger partial charge in [-0.1, -0.05) is 36.4 Å². The van der Waals surface area contributed by atoms with Crippen molar-refractivity contribution >= 4 is 16.7 Å². The number of fused-ring (bicyclic) bond motifs is 1. The quantitative estimate of drug-likeness (QED) is 0.591. The van der Waals surface area contributed by atoms with E-state index in [1.807, 2.05) is 35.1 Å². The minimum atomic E-state index is 0.825. The fourth-order valence-corrected chi connectivity index (χ4v) is 2.99. The van der Waals surface area contributed by atoms with Crippen LogP contribution < -0.4 is 5.32 Å². The highest BCUT2D eigenvalue weighted by molar-refractivity contribution is 5.83. The van der Waals surface area contributed by atoms with Crippen molar-refractivity contribution in [2.75, 3.05) is 11.9 Å². The summed E-state index contributed by atoms with van der Waals surface area (Å²) in [6, 6.07) is 20.5. The smallest absolute Gasteiger partial charge is 0.126 e. The maximum Gasteiger partial charge on any atom is 0.126 e. The molecule has 0 atom stereocenters. The topological polar surface area (TPSA) is 42.7 Å². The van der Waals surface area contributed by atoms with Gasteiger partial charge in [-0.25, -0.2) is 9.67 Å². The molecule has 0 unspecified atom stereocenters. The largest absolute Gasteiger partial charge is 0.370 e. The molecule has 4 rings (SSSR count). The summed E-state index contributed by atoms with van der Waals surface area (Å²) < 4.78 is 1.91. The number of aromatic nitrogens is 3. The van der Waals surface area contributed by atoms with E-state index in [1.165, 1.54) is 16.5 Å². The van der Waals surface area contributed by atoms with E-state index in [2.05, 4.69) is 64.9 Å². The summed E-state index contributed by atoms with van der Waals surface area (Å²) in [5.41, 5.74) is 4.55. The zero-order valence-corrected chi connectivity index (χ0v) is 14.2. The lowest BCUT2D eigenvalue weighted by Crippen LogP contribution is -2.06. The predicted molar refractivity (Wildman–Crippen MR) is 102 cm³/mol. The Kier molecular flexibility index (Phi) is 4.17. The van der Waals surface area contributed by atoms with Crippen LogP contribution in [0.25, 0.3) is 16.6 Å². The van der Waals surface area contributed by atoms with Crippen molar-refractivity contribution < 1.29 is 0 Å². The molecule has 0 saturated carbocycles. The van der Waals surface area contributed by atoms with Crippen molar-refractivity contribution in [1.29, 1.82) is 0 Å². The third-order valence-corrected chi connectivity index (χ3v) is 4.30. The van der Waals surface area contributed by atoms with Gasteiger partial charge in [0.15, 0.2) is 0 Å². The molecule has 0 fully saturated rings. The number of benzene rings is 2. The van der Waals surface area contributed by atoms with Gasteiger partial charge in [-0.3, -0.25) is 0 Å². The van der Waals surface area contributed by atoms with Gasteiger partial charge >= 0.3 is 0 Å². The maximum absolute atomic E-state index is 4.69. The zero-order chi connectivity index (χ0) is 17.1. The molecule has 0 radical (unpaired) electrons. The standard InChI is InChI=1S/C21H20N4/c1-16-13-21(24-20-10-6-5-9-19(16)20)22-12-11-17-14-23-25(15-17)18-7-3-2-4-8-18/h2-10,13-15H,11-12H2,1H3,(H,22,24). The molecule has 4 aromatic rings. The van der Waals surface area contributed by atoms with E-state index in [9.17, 15) is 0 Å².